The molecule has 0 saturated carbocycles. The fourth-order valence-electron chi connectivity index (χ4n) is 2.88. The number of carboxylic acids is 1. The van der Waals surface area contributed by atoms with Gasteiger partial charge in [0.25, 0.3) is 0 Å². The van der Waals surface area contributed by atoms with E-state index in [4.69, 9.17) is 9.47 Å². The van der Waals surface area contributed by atoms with Gasteiger partial charge >= 0.3 is 5.97 Å². The first-order valence-corrected chi connectivity index (χ1v) is 9.82. The van der Waals surface area contributed by atoms with Crippen LogP contribution in [-0.4, -0.2) is 35.1 Å². The Bertz CT molecular complexity index is 1110. The van der Waals surface area contributed by atoms with Gasteiger partial charge in [0.2, 0.25) is 0 Å². The van der Waals surface area contributed by atoms with Crippen molar-refractivity contribution in [2.24, 2.45) is 0 Å². The van der Waals surface area contributed by atoms with Crippen LogP contribution in [-0.2, 0) is 0 Å². The number of allylic oxidation sites excluding steroid dienone is 1. The summed E-state index contributed by atoms with van der Waals surface area (Å²) in [6, 6.07) is 7.15. The lowest BCUT2D eigenvalue weighted by atomic mass is 10.1. The number of benzene rings is 1. The first kappa shape index (κ1) is 20.5. The molecular weight excluding hydrogens is 390 g/mol. The third-order valence-electron chi connectivity index (χ3n) is 4.27. The molecule has 0 bridgehead atoms. The summed E-state index contributed by atoms with van der Waals surface area (Å²) < 4.78 is 11.2. The first-order chi connectivity index (χ1) is 13.8. The molecule has 3 aromatic rings. The van der Waals surface area contributed by atoms with E-state index in [1.165, 1.54) is 12.3 Å². The number of methoxy groups -OCH3 is 1. The van der Waals surface area contributed by atoms with E-state index in [1.54, 1.807) is 32.2 Å². The summed E-state index contributed by atoms with van der Waals surface area (Å²) in [4.78, 5) is 29.1. The quantitative estimate of drug-likeness (QED) is 0.435. The van der Waals surface area contributed by atoms with Crippen LogP contribution < -0.4 is 9.47 Å². The molecule has 1 N–H and O–H groups in total. The standard InChI is InChI=1S/C22H21NO5S/c1-12(2)28-19-14(6-5-7-18(19)27-4)8-9-17(24)15-10-16-13(3)20(22(25)26)29-21(16)23-11-15/h5-12H,1-4H3,(H,25,26). The van der Waals surface area contributed by atoms with E-state index in [0.29, 0.717) is 32.8 Å². The van der Waals surface area contributed by atoms with Gasteiger partial charge in [-0.15, -0.1) is 11.3 Å². The number of carboxylic acid groups (broad SMARTS) is 1. The molecule has 0 amide bonds. The van der Waals surface area contributed by atoms with Crippen molar-refractivity contribution < 1.29 is 24.2 Å². The average molecular weight is 411 g/mol. The lowest BCUT2D eigenvalue weighted by Crippen LogP contribution is -2.08. The number of aromatic carboxylic acids is 1. The number of nitrogens with zero attached hydrogens (tertiary/aromatic N) is 1. The molecule has 0 aliphatic carbocycles. The Morgan fingerprint density at radius 1 is 1.28 bits per heavy atom. The molecule has 3 rings (SSSR count). The summed E-state index contributed by atoms with van der Waals surface area (Å²) in [6.45, 7) is 5.56. The highest BCUT2D eigenvalue weighted by atomic mass is 32.1. The summed E-state index contributed by atoms with van der Waals surface area (Å²) in [5.41, 5.74) is 1.73. The summed E-state index contributed by atoms with van der Waals surface area (Å²) in [6.07, 6.45) is 4.54. The van der Waals surface area contributed by atoms with Gasteiger partial charge in [0.1, 0.15) is 9.71 Å². The molecular formula is C22H21NO5S. The third-order valence-corrected chi connectivity index (χ3v) is 5.47. The largest absolute Gasteiger partial charge is 0.493 e. The number of hydrogen-bond donors (Lipinski definition) is 1. The van der Waals surface area contributed by atoms with Crippen molar-refractivity contribution in [3.05, 3.63) is 58.1 Å². The van der Waals surface area contributed by atoms with Crippen molar-refractivity contribution in [2.75, 3.05) is 7.11 Å². The Balaban J connectivity index is 1.93. The van der Waals surface area contributed by atoms with Gasteiger partial charge in [-0.1, -0.05) is 12.1 Å². The lowest BCUT2D eigenvalue weighted by Gasteiger charge is -2.15. The van der Waals surface area contributed by atoms with Gasteiger partial charge in [0, 0.05) is 22.7 Å². The Labute approximate surface area is 172 Å². The molecule has 0 aliphatic heterocycles. The molecule has 0 unspecified atom stereocenters. The van der Waals surface area contributed by atoms with E-state index in [9.17, 15) is 14.7 Å². The summed E-state index contributed by atoms with van der Waals surface area (Å²) in [5, 5.41) is 9.95. The number of carbonyl (C=O) groups is 2. The van der Waals surface area contributed by atoms with Gasteiger partial charge < -0.3 is 14.6 Å². The Morgan fingerprint density at radius 3 is 2.69 bits per heavy atom. The average Bonchev–Trinajstić information content (AvgIpc) is 3.02. The molecule has 150 valence electrons. The lowest BCUT2D eigenvalue weighted by molar-refractivity contribution is 0.0701. The van der Waals surface area contributed by atoms with Crippen LogP contribution in [0.25, 0.3) is 16.3 Å². The molecule has 0 fully saturated rings. The number of aromatic nitrogens is 1. The SMILES string of the molecule is COc1cccc(C=CC(=O)c2cnc3sc(C(=O)O)c(C)c3c2)c1OC(C)C. The number of rotatable bonds is 7. The zero-order chi connectivity index (χ0) is 21.1. The smallest absolute Gasteiger partial charge is 0.346 e. The molecule has 2 heterocycles. The van der Waals surface area contributed by atoms with Crippen molar-refractivity contribution in [1.29, 1.82) is 0 Å². The normalized spacial score (nSPS) is 11.3. The zero-order valence-corrected chi connectivity index (χ0v) is 17.4. The number of ether oxygens (including phenoxy) is 2. The van der Waals surface area contributed by atoms with Gasteiger partial charge in [0.15, 0.2) is 17.3 Å². The van der Waals surface area contributed by atoms with Crippen molar-refractivity contribution in [3.63, 3.8) is 0 Å². The number of ketones is 1. The molecule has 0 aliphatic rings. The summed E-state index contributed by atoms with van der Waals surface area (Å²) >= 11 is 1.10. The maximum absolute atomic E-state index is 12.7. The highest BCUT2D eigenvalue weighted by Crippen LogP contribution is 2.33. The highest BCUT2D eigenvalue weighted by molar-refractivity contribution is 7.20. The molecule has 0 saturated heterocycles. The number of carbonyl (C=O) groups excluding carboxylic acids is 1. The van der Waals surface area contributed by atoms with Crippen LogP contribution in [0.3, 0.4) is 0 Å². The summed E-state index contributed by atoms with van der Waals surface area (Å²) in [5.74, 6) is -0.0666. The van der Waals surface area contributed by atoms with Gasteiger partial charge in [-0.2, -0.15) is 0 Å². The van der Waals surface area contributed by atoms with Crippen LogP contribution in [0, 0.1) is 6.92 Å². The van der Waals surface area contributed by atoms with E-state index >= 15 is 0 Å². The van der Waals surface area contributed by atoms with Gasteiger partial charge in [0.05, 0.1) is 13.2 Å². The van der Waals surface area contributed by atoms with Crippen LogP contribution in [0.1, 0.15) is 45.0 Å². The molecule has 29 heavy (non-hydrogen) atoms. The van der Waals surface area contributed by atoms with Crippen LogP contribution in [0.5, 0.6) is 11.5 Å². The van der Waals surface area contributed by atoms with E-state index in [1.807, 2.05) is 26.0 Å². The number of thiophene rings is 1. The van der Waals surface area contributed by atoms with Crippen LogP contribution in [0.4, 0.5) is 0 Å². The monoisotopic (exact) mass is 411 g/mol. The van der Waals surface area contributed by atoms with Crippen molar-refractivity contribution in [2.45, 2.75) is 26.9 Å². The molecule has 7 heteroatoms. The van der Waals surface area contributed by atoms with E-state index in [0.717, 1.165) is 16.9 Å². The minimum absolute atomic E-state index is 0.0502. The maximum atomic E-state index is 12.7. The van der Waals surface area contributed by atoms with Crippen molar-refractivity contribution >= 4 is 39.4 Å². The molecule has 0 atom stereocenters. The number of aryl methyl sites for hydroxylation is 1. The molecule has 2 aromatic heterocycles. The predicted molar refractivity (Wildman–Crippen MR) is 113 cm³/mol. The molecule has 0 spiro atoms. The van der Waals surface area contributed by atoms with Gasteiger partial charge in [-0.3, -0.25) is 4.79 Å². The fourth-order valence-corrected chi connectivity index (χ4v) is 3.86. The van der Waals surface area contributed by atoms with Gasteiger partial charge in [-0.05, 0) is 50.6 Å². The Hall–Kier alpha value is -3.19. The number of pyridine rings is 1. The Kier molecular flexibility index (Phi) is 5.98. The number of para-hydroxylation sites is 1. The second-order valence-corrected chi connectivity index (χ2v) is 7.68. The number of fused-ring (bicyclic) bond motifs is 1. The highest BCUT2D eigenvalue weighted by Gasteiger charge is 2.17. The second-order valence-electron chi connectivity index (χ2n) is 6.68. The van der Waals surface area contributed by atoms with Crippen molar-refractivity contribution in [3.8, 4) is 11.5 Å². The fraction of sp³-hybridized carbons (Fsp3) is 0.227. The number of hydrogen-bond acceptors (Lipinski definition) is 6. The van der Waals surface area contributed by atoms with Gasteiger partial charge in [-0.25, -0.2) is 9.78 Å². The van der Waals surface area contributed by atoms with Crippen LogP contribution in [0.15, 0.2) is 36.5 Å². The molecule has 0 radical (unpaired) electrons. The molecule has 1 aromatic carbocycles. The topological polar surface area (TPSA) is 85.7 Å². The van der Waals surface area contributed by atoms with E-state index < -0.39 is 5.97 Å². The third kappa shape index (κ3) is 4.30. The van der Waals surface area contributed by atoms with Crippen LogP contribution >= 0.6 is 11.3 Å². The van der Waals surface area contributed by atoms with Crippen LogP contribution in [0.2, 0.25) is 0 Å². The molecule has 6 nitrogen and oxygen atoms in total. The minimum Gasteiger partial charge on any atom is -0.493 e. The maximum Gasteiger partial charge on any atom is 0.346 e. The Morgan fingerprint density at radius 2 is 2.03 bits per heavy atom. The van der Waals surface area contributed by atoms with E-state index in [2.05, 4.69) is 4.98 Å². The summed E-state index contributed by atoms with van der Waals surface area (Å²) in [7, 11) is 1.57. The zero-order valence-electron chi connectivity index (χ0n) is 16.6. The van der Waals surface area contributed by atoms with Crippen molar-refractivity contribution in [1.82, 2.24) is 4.98 Å². The second kappa shape index (κ2) is 8.45. The first-order valence-electron chi connectivity index (χ1n) is 9.00. The van der Waals surface area contributed by atoms with E-state index in [-0.39, 0.29) is 16.8 Å². The minimum atomic E-state index is -0.992. The predicted octanol–water partition coefficient (Wildman–Crippen LogP) is 4.99.